The lowest BCUT2D eigenvalue weighted by Gasteiger charge is -2.27. The van der Waals surface area contributed by atoms with E-state index in [9.17, 15) is 14.4 Å². The topological polar surface area (TPSA) is 207 Å². The van der Waals surface area contributed by atoms with E-state index in [1.54, 1.807) is 56.9 Å². The molecule has 6 aromatic heterocycles. The molecule has 20 nitrogen and oxygen atoms in total. The molecule has 6 aromatic rings. The highest BCUT2D eigenvalue weighted by Crippen LogP contribution is 2.17. The highest BCUT2D eigenvalue weighted by Gasteiger charge is 2.17. The summed E-state index contributed by atoms with van der Waals surface area (Å²) < 4.78 is 20.5. The Morgan fingerprint density at radius 3 is 1.19 bits per heavy atom. The van der Waals surface area contributed by atoms with Crippen LogP contribution in [-0.2, 0) is 14.2 Å². The summed E-state index contributed by atoms with van der Waals surface area (Å²) in [5, 5.41) is 8.38. The maximum absolute atomic E-state index is 12.1. The SMILES string of the molecule is Cc1cc(=O)n(-c2ccc(N3CCOCC3)nc2)c(C)n1.Cc1cc(=O)n(-c2ccc(N3CCOCC3)nn2)c(C)n1.Cc1cc(=O)n(-c2cnc(N3CCOCC3)cn2)c(C)n1. The predicted molar refractivity (Wildman–Crippen MR) is 236 cm³/mol. The van der Waals surface area contributed by atoms with E-state index in [0.29, 0.717) is 66.9 Å². The van der Waals surface area contributed by atoms with Crippen LogP contribution in [0.4, 0.5) is 17.5 Å². The summed E-state index contributed by atoms with van der Waals surface area (Å²) in [4.78, 5) is 68.8. The molecule has 0 bridgehead atoms. The fraction of sp³-hybridized carbons (Fsp3) is 0.419. The molecule has 0 spiro atoms. The van der Waals surface area contributed by atoms with Crippen molar-refractivity contribution in [2.24, 2.45) is 0 Å². The molecule has 9 rings (SSSR count). The van der Waals surface area contributed by atoms with Crippen LogP contribution in [0.3, 0.4) is 0 Å². The van der Waals surface area contributed by atoms with Gasteiger partial charge in [-0.05, 0) is 65.8 Å². The summed E-state index contributed by atoms with van der Waals surface area (Å²) in [6.07, 6.45) is 5.01. The fourth-order valence-electron chi connectivity index (χ4n) is 7.37. The second kappa shape index (κ2) is 20.4. The smallest absolute Gasteiger partial charge is 0.259 e. The molecular weight excluding hydrogens is 809 g/mol. The van der Waals surface area contributed by atoms with Gasteiger partial charge >= 0.3 is 0 Å². The number of aromatic nitrogens is 11. The van der Waals surface area contributed by atoms with Gasteiger partial charge in [0, 0.05) is 74.5 Å². The zero-order chi connectivity index (χ0) is 44.5. The van der Waals surface area contributed by atoms with Gasteiger partial charge in [-0.15, -0.1) is 10.2 Å². The molecule has 63 heavy (non-hydrogen) atoms. The maximum atomic E-state index is 12.1. The Hall–Kier alpha value is -6.77. The van der Waals surface area contributed by atoms with E-state index in [2.05, 4.69) is 54.8 Å². The van der Waals surface area contributed by atoms with Crippen molar-refractivity contribution in [2.75, 3.05) is 93.6 Å². The molecule has 20 heteroatoms. The Labute approximate surface area is 363 Å². The second-order valence-corrected chi connectivity index (χ2v) is 15.0. The lowest BCUT2D eigenvalue weighted by atomic mass is 10.3. The molecule has 3 saturated heterocycles. The summed E-state index contributed by atoms with van der Waals surface area (Å²) in [5.74, 6) is 5.36. The van der Waals surface area contributed by atoms with E-state index in [1.807, 2.05) is 32.0 Å². The average Bonchev–Trinajstić information content (AvgIpc) is 3.27. The Morgan fingerprint density at radius 1 is 0.413 bits per heavy atom. The molecule has 0 atom stereocenters. The number of aryl methyl sites for hydroxylation is 6. The largest absolute Gasteiger partial charge is 0.378 e. The molecule has 3 aliphatic heterocycles. The molecule has 0 radical (unpaired) electrons. The van der Waals surface area contributed by atoms with E-state index >= 15 is 0 Å². The van der Waals surface area contributed by atoms with E-state index in [-0.39, 0.29) is 16.7 Å². The van der Waals surface area contributed by atoms with Crippen molar-refractivity contribution in [1.29, 1.82) is 0 Å². The van der Waals surface area contributed by atoms with Crippen molar-refractivity contribution < 1.29 is 14.2 Å². The van der Waals surface area contributed by atoms with Crippen LogP contribution in [0.25, 0.3) is 17.3 Å². The van der Waals surface area contributed by atoms with Gasteiger partial charge in [-0.3, -0.25) is 19.0 Å². The quantitative estimate of drug-likeness (QED) is 0.235. The second-order valence-electron chi connectivity index (χ2n) is 15.0. The molecule has 0 amide bonds. The summed E-state index contributed by atoms with van der Waals surface area (Å²) in [7, 11) is 0. The van der Waals surface area contributed by atoms with Crippen LogP contribution in [0.2, 0.25) is 0 Å². The number of pyridine rings is 1. The standard InChI is InChI=1S/C15H18N4O2.2C14H17N5O2/c1-11-9-15(20)19(12(2)17-11)13-3-4-14(16-10-13)18-5-7-21-8-6-18;1-10-7-14(20)19(11(2)17-10)13-9-15-12(8-16-13)18-3-5-21-6-4-18;1-10-9-14(20)19(11(2)15-10)13-4-3-12(16-17-13)18-5-7-21-8-6-18/h3-4,9-10H,5-8H2,1-2H3;7-9H,3-6H2,1-2H3;3-4,9H,5-8H2,1-2H3. The maximum Gasteiger partial charge on any atom is 0.259 e. The van der Waals surface area contributed by atoms with Crippen molar-refractivity contribution in [1.82, 2.24) is 53.8 Å². The van der Waals surface area contributed by atoms with Crippen LogP contribution in [0.1, 0.15) is 34.6 Å². The van der Waals surface area contributed by atoms with Gasteiger partial charge in [-0.2, -0.15) is 0 Å². The number of morpholine rings is 3. The number of rotatable bonds is 6. The predicted octanol–water partition coefficient (Wildman–Crippen LogP) is 2.03. The number of hydrogen-bond donors (Lipinski definition) is 0. The molecule has 0 saturated carbocycles. The third-order valence-electron chi connectivity index (χ3n) is 10.4. The zero-order valence-corrected chi connectivity index (χ0v) is 36.5. The summed E-state index contributed by atoms with van der Waals surface area (Å²) in [5.41, 5.74) is 2.50. The molecule has 0 aromatic carbocycles. The minimum Gasteiger partial charge on any atom is -0.378 e. The van der Waals surface area contributed by atoms with E-state index in [0.717, 1.165) is 81.3 Å². The first-order valence-corrected chi connectivity index (χ1v) is 20.8. The van der Waals surface area contributed by atoms with Gasteiger partial charge in [0.05, 0.1) is 63.9 Å². The number of nitrogens with zero attached hydrogens (tertiary/aromatic N) is 14. The van der Waals surface area contributed by atoms with Crippen molar-refractivity contribution in [3.8, 4) is 17.3 Å². The van der Waals surface area contributed by atoms with Crippen molar-refractivity contribution >= 4 is 17.5 Å². The molecule has 0 N–H and O–H groups in total. The molecule has 0 aliphatic carbocycles. The van der Waals surface area contributed by atoms with Crippen molar-refractivity contribution in [2.45, 2.75) is 41.5 Å². The minimum atomic E-state index is -0.145. The number of anilines is 3. The Bertz CT molecular complexity index is 2360. The van der Waals surface area contributed by atoms with Crippen molar-refractivity contribution in [3.63, 3.8) is 0 Å². The van der Waals surface area contributed by atoms with Crippen LogP contribution < -0.4 is 31.4 Å². The molecule has 330 valence electrons. The molecule has 0 unspecified atom stereocenters. The Balaban J connectivity index is 0.000000142. The monoisotopic (exact) mass is 860 g/mol. The Kier molecular flexibility index (Phi) is 14.3. The summed E-state index contributed by atoms with van der Waals surface area (Å²) in [6.45, 7) is 20.0. The first-order chi connectivity index (χ1) is 30.4. The van der Waals surface area contributed by atoms with Crippen LogP contribution in [0, 0.1) is 41.5 Å². The van der Waals surface area contributed by atoms with Gasteiger partial charge in [0.2, 0.25) is 0 Å². The number of ether oxygens (including phenoxy) is 3. The molecule has 9 heterocycles. The van der Waals surface area contributed by atoms with Crippen LogP contribution in [0.15, 0.2) is 75.4 Å². The average molecular weight is 861 g/mol. The normalized spacial score (nSPS) is 15.2. The van der Waals surface area contributed by atoms with Crippen molar-refractivity contribution in [3.05, 3.63) is 127 Å². The minimum absolute atomic E-state index is 0.0825. The van der Waals surface area contributed by atoms with Gasteiger partial charge in [0.1, 0.15) is 29.1 Å². The van der Waals surface area contributed by atoms with Crippen LogP contribution in [0.5, 0.6) is 0 Å². The van der Waals surface area contributed by atoms with Gasteiger partial charge in [-0.1, -0.05) is 0 Å². The van der Waals surface area contributed by atoms with E-state index < -0.39 is 0 Å². The van der Waals surface area contributed by atoms with Crippen LogP contribution >= 0.6 is 0 Å². The molecule has 3 fully saturated rings. The Morgan fingerprint density at radius 2 is 0.778 bits per heavy atom. The fourth-order valence-corrected chi connectivity index (χ4v) is 7.37. The lowest BCUT2D eigenvalue weighted by molar-refractivity contribution is 0.122. The highest BCUT2D eigenvalue weighted by molar-refractivity contribution is 5.44. The summed E-state index contributed by atoms with van der Waals surface area (Å²) in [6, 6.07) is 12.0. The third-order valence-corrected chi connectivity index (χ3v) is 10.4. The van der Waals surface area contributed by atoms with Gasteiger partial charge < -0.3 is 28.9 Å². The molecule has 3 aliphatic rings. The van der Waals surface area contributed by atoms with Gasteiger partial charge in [0.15, 0.2) is 17.5 Å². The van der Waals surface area contributed by atoms with E-state index in [1.165, 1.54) is 27.3 Å². The zero-order valence-electron chi connectivity index (χ0n) is 36.5. The highest BCUT2D eigenvalue weighted by atomic mass is 16.5. The number of hydrogen-bond acceptors (Lipinski definition) is 17. The molecular formula is C43H52N14O6. The third kappa shape index (κ3) is 11.0. The van der Waals surface area contributed by atoms with E-state index in [4.69, 9.17) is 14.2 Å². The lowest BCUT2D eigenvalue weighted by Crippen LogP contribution is -2.37. The van der Waals surface area contributed by atoms with Gasteiger partial charge in [0.25, 0.3) is 16.7 Å². The van der Waals surface area contributed by atoms with Crippen LogP contribution in [-0.4, -0.2) is 133 Å². The summed E-state index contributed by atoms with van der Waals surface area (Å²) >= 11 is 0. The van der Waals surface area contributed by atoms with Gasteiger partial charge in [-0.25, -0.2) is 39.0 Å². The first-order valence-electron chi connectivity index (χ1n) is 20.8. The first kappa shape index (κ1) is 44.3.